The minimum atomic E-state index is -0.664. The van der Waals surface area contributed by atoms with Crippen molar-refractivity contribution in [1.82, 2.24) is 5.32 Å². The van der Waals surface area contributed by atoms with Crippen molar-refractivity contribution in [3.8, 4) is 0 Å². The number of rotatable bonds is 85. The molecule has 0 aliphatic heterocycles. The standard InChI is InChI=1S/C90H175NO5/c1-3-5-7-9-11-13-15-17-19-20-21-22-23-39-42-45-48-51-55-58-62-66-70-74-78-82-88(93)87(86-92)91-89(94)83-79-75-71-67-63-59-56-52-49-46-43-40-37-35-33-31-29-27-25-24-26-28-30-32-34-36-38-41-44-47-50-53-57-61-65-69-73-77-81-85-96-90(95)84-80-76-72-68-64-60-54-18-16-14-12-10-8-6-4-2/h24-25,28,30,87-88,92-93H,3-23,26-27,29,31-86H2,1-2H3,(H,91,94)/b25-24-,30-28-. The fourth-order valence-corrected chi connectivity index (χ4v) is 14.5. The van der Waals surface area contributed by atoms with Crippen LogP contribution in [0.1, 0.15) is 515 Å². The largest absolute Gasteiger partial charge is 0.466 e. The van der Waals surface area contributed by atoms with Crippen molar-refractivity contribution in [2.75, 3.05) is 13.2 Å². The minimum Gasteiger partial charge on any atom is -0.466 e. The van der Waals surface area contributed by atoms with E-state index >= 15 is 0 Å². The Morgan fingerprint density at radius 3 is 0.792 bits per heavy atom. The van der Waals surface area contributed by atoms with Gasteiger partial charge in [0.05, 0.1) is 25.4 Å². The Morgan fingerprint density at radius 2 is 0.521 bits per heavy atom. The van der Waals surface area contributed by atoms with Crippen LogP contribution in [0.2, 0.25) is 0 Å². The SMILES string of the molecule is CCCCCCCCCCCCCCCCCCCCCCCCCCCC(O)C(CO)NC(=O)CCCCCCCCCCCCCCCCCCC/C=C\C/C=C\CCCCCCCCCCCCCCCCCOC(=O)CCCCCCCCCCCCCCCCC. The van der Waals surface area contributed by atoms with Crippen LogP contribution in [0.3, 0.4) is 0 Å². The molecule has 0 aromatic carbocycles. The van der Waals surface area contributed by atoms with Gasteiger partial charge >= 0.3 is 5.97 Å². The number of carbonyl (C=O) groups is 2. The number of nitrogens with one attached hydrogen (secondary N) is 1. The highest BCUT2D eigenvalue weighted by Gasteiger charge is 2.20. The molecule has 0 aromatic heterocycles. The molecule has 2 unspecified atom stereocenters. The first-order chi connectivity index (χ1) is 47.5. The quantitative estimate of drug-likeness (QED) is 0.0320. The van der Waals surface area contributed by atoms with E-state index in [0.29, 0.717) is 25.9 Å². The highest BCUT2D eigenvalue weighted by atomic mass is 16.5. The Labute approximate surface area is 602 Å². The van der Waals surface area contributed by atoms with Gasteiger partial charge < -0.3 is 20.3 Å². The van der Waals surface area contributed by atoms with Gasteiger partial charge in [0.2, 0.25) is 5.91 Å². The molecule has 2 atom stereocenters. The molecule has 0 heterocycles. The predicted molar refractivity (Wildman–Crippen MR) is 426 cm³/mol. The second-order valence-corrected chi connectivity index (χ2v) is 30.9. The molecule has 3 N–H and O–H groups in total. The van der Waals surface area contributed by atoms with Crippen LogP contribution in [0, 0.1) is 0 Å². The summed E-state index contributed by atoms with van der Waals surface area (Å²) in [5.74, 6) is -0.000805. The Morgan fingerprint density at radius 1 is 0.292 bits per heavy atom. The molecule has 0 saturated heterocycles. The molecule has 570 valence electrons. The van der Waals surface area contributed by atoms with Crippen LogP contribution in [0.5, 0.6) is 0 Å². The van der Waals surface area contributed by atoms with Gasteiger partial charge in [-0.3, -0.25) is 9.59 Å². The predicted octanol–water partition coefficient (Wildman–Crippen LogP) is 29.9. The number of ether oxygens (including phenoxy) is 1. The zero-order valence-electron chi connectivity index (χ0n) is 65.7. The van der Waals surface area contributed by atoms with E-state index in [4.69, 9.17) is 4.74 Å². The number of carbonyl (C=O) groups excluding carboxylic acids is 2. The van der Waals surface area contributed by atoms with Crippen LogP contribution in [0.15, 0.2) is 24.3 Å². The summed E-state index contributed by atoms with van der Waals surface area (Å²) in [6, 6.07) is -0.541. The van der Waals surface area contributed by atoms with Crippen LogP contribution in [0.4, 0.5) is 0 Å². The summed E-state index contributed by atoms with van der Waals surface area (Å²) in [7, 11) is 0. The molecular weight excluding hydrogens is 1170 g/mol. The molecule has 1 amide bonds. The zero-order valence-corrected chi connectivity index (χ0v) is 65.7. The average Bonchev–Trinajstić information content (AvgIpc) is 2.67. The lowest BCUT2D eigenvalue weighted by atomic mass is 10.0. The molecule has 0 aliphatic carbocycles. The third-order valence-corrected chi connectivity index (χ3v) is 21.3. The Kier molecular flexibility index (Phi) is 84.3. The van der Waals surface area contributed by atoms with Gasteiger partial charge in [-0.25, -0.2) is 0 Å². The lowest BCUT2D eigenvalue weighted by Gasteiger charge is -2.22. The monoisotopic (exact) mass is 1350 g/mol. The number of aliphatic hydroxyl groups excluding tert-OH is 2. The Balaban J connectivity index is 3.35. The number of aliphatic hydroxyl groups is 2. The number of amides is 1. The molecule has 0 aromatic rings. The van der Waals surface area contributed by atoms with Gasteiger partial charge in [-0.05, 0) is 57.8 Å². The summed E-state index contributed by atoms with van der Waals surface area (Å²) >= 11 is 0. The number of esters is 1. The molecule has 0 spiro atoms. The molecular formula is C90H175NO5. The number of hydrogen-bond acceptors (Lipinski definition) is 5. The maximum atomic E-state index is 12.6. The highest BCUT2D eigenvalue weighted by molar-refractivity contribution is 5.76. The maximum Gasteiger partial charge on any atom is 0.305 e. The topological polar surface area (TPSA) is 95.9 Å². The molecule has 6 heteroatoms. The fourth-order valence-electron chi connectivity index (χ4n) is 14.5. The fraction of sp³-hybridized carbons (Fsp3) is 0.933. The molecule has 6 nitrogen and oxygen atoms in total. The third-order valence-electron chi connectivity index (χ3n) is 21.3. The second-order valence-electron chi connectivity index (χ2n) is 30.9. The smallest absolute Gasteiger partial charge is 0.305 e. The van der Waals surface area contributed by atoms with Gasteiger partial charge in [0.15, 0.2) is 0 Å². The van der Waals surface area contributed by atoms with Gasteiger partial charge in [0, 0.05) is 12.8 Å². The van der Waals surface area contributed by atoms with E-state index in [1.807, 2.05) is 0 Å². The van der Waals surface area contributed by atoms with Crippen molar-refractivity contribution in [2.24, 2.45) is 0 Å². The van der Waals surface area contributed by atoms with E-state index in [1.54, 1.807) is 0 Å². The van der Waals surface area contributed by atoms with Crippen LogP contribution in [-0.4, -0.2) is 47.4 Å². The van der Waals surface area contributed by atoms with E-state index in [2.05, 4.69) is 43.5 Å². The lowest BCUT2D eigenvalue weighted by molar-refractivity contribution is -0.143. The molecule has 0 aliphatic rings. The first-order valence-electron chi connectivity index (χ1n) is 44.6. The van der Waals surface area contributed by atoms with Crippen LogP contribution < -0.4 is 5.32 Å². The number of unbranched alkanes of at least 4 members (excludes halogenated alkanes) is 70. The van der Waals surface area contributed by atoms with Gasteiger partial charge in [0.25, 0.3) is 0 Å². The van der Waals surface area contributed by atoms with Crippen molar-refractivity contribution in [3.05, 3.63) is 24.3 Å². The highest BCUT2D eigenvalue weighted by Crippen LogP contribution is 2.21. The van der Waals surface area contributed by atoms with E-state index < -0.39 is 12.1 Å². The van der Waals surface area contributed by atoms with Crippen molar-refractivity contribution >= 4 is 11.9 Å². The Bertz CT molecular complexity index is 1510. The van der Waals surface area contributed by atoms with Gasteiger partial charge in [-0.2, -0.15) is 0 Å². The molecule has 0 saturated carbocycles. The van der Waals surface area contributed by atoms with Gasteiger partial charge in [0.1, 0.15) is 0 Å². The molecule has 0 bridgehead atoms. The number of allylic oxidation sites excluding steroid dienone is 4. The minimum absolute atomic E-state index is 0.0245. The molecule has 96 heavy (non-hydrogen) atoms. The van der Waals surface area contributed by atoms with E-state index in [-0.39, 0.29) is 18.5 Å². The molecule has 0 rings (SSSR count). The lowest BCUT2D eigenvalue weighted by Crippen LogP contribution is -2.45. The summed E-state index contributed by atoms with van der Waals surface area (Å²) in [4.78, 5) is 24.7. The Hall–Kier alpha value is -1.66. The second kappa shape index (κ2) is 85.8. The molecule has 0 radical (unpaired) electrons. The van der Waals surface area contributed by atoms with E-state index in [0.717, 1.165) is 44.9 Å². The normalized spacial score (nSPS) is 12.5. The third kappa shape index (κ3) is 81.3. The first kappa shape index (κ1) is 94.3. The van der Waals surface area contributed by atoms with E-state index in [1.165, 1.54) is 437 Å². The first-order valence-corrected chi connectivity index (χ1v) is 44.6. The number of hydrogen-bond donors (Lipinski definition) is 3. The van der Waals surface area contributed by atoms with Crippen molar-refractivity contribution in [1.29, 1.82) is 0 Å². The summed E-state index contributed by atoms with van der Waals surface area (Å²) in [6.45, 7) is 5.02. The zero-order chi connectivity index (χ0) is 69.1. The molecule has 0 fully saturated rings. The van der Waals surface area contributed by atoms with Crippen LogP contribution >= 0.6 is 0 Å². The van der Waals surface area contributed by atoms with Crippen LogP contribution in [-0.2, 0) is 14.3 Å². The van der Waals surface area contributed by atoms with Gasteiger partial charge in [-0.1, -0.05) is 468 Å². The van der Waals surface area contributed by atoms with Crippen molar-refractivity contribution < 1.29 is 24.5 Å². The summed E-state index contributed by atoms with van der Waals surface area (Å²) in [5, 5.41) is 23.5. The summed E-state index contributed by atoms with van der Waals surface area (Å²) in [5.41, 5.74) is 0. The van der Waals surface area contributed by atoms with Gasteiger partial charge in [-0.15, -0.1) is 0 Å². The maximum absolute atomic E-state index is 12.6. The van der Waals surface area contributed by atoms with E-state index in [9.17, 15) is 19.8 Å². The summed E-state index contributed by atoms with van der Waals surface area (Å²) < 4.78 is 5.51. The van der Waals surface area contributed by atoms with Crippen LogP contribution in [0.25, 0.3) is 0 Å². The van der Waals surface area contributed by atoms with Crippen molar-refractivity contribution in [2.45, 2.75) is 527 Å². The van der Waals surface area contributed by atoms with Crippen molar-refractivity contribution in [3.63, 3.8) is 0 Å². The summed E-state index contributed by atoms with van der Waals surface area (Å²) in [6.07, 6.45) is 112. The average molecular weight is 1350 g/mol.